The second-order valence-electron chi connectivity index (χ2n) is 6.40. The molecule has 0 aliphatic heterocycles. The number of carboxylic acid groups (broad SMARTS) is 1. The van der Waals surface area contributed by atoms with Crippen molar-refractivity contribution in [2.24, 2.45) is 0 Å². The number of nitrogens with zero attached hydrogens (tertiary/aromatic N) is 2. The van der Waals surface area contributed by atoms with Gasteiger partial charge in [-0.05, 0) is 42.5 Å². The summed E-state index contributed by atoms with van der Waals surface area (Å²) in [7, 11) is 2.45. The quantitative estimate of drug-likeness (QED) is 0.401. The highest BCUT2D eigenvalue weighted by Crippen LogP contribution is 2.29. The summed E-state index contributed by atoms with van der Waals surface area (Å²) >= 11 is 0. The number of nitrogen functional groups attached to an aromatic ring is 1. The summed E-state index contributed by atoms with van der Waals surface area (Å²) in [5, 5.41) is 14.9. The van der Waals surface area contributed by atoms with Crippen LogP contribution in [-0.2, 0) is 9.47 Å². The zero-order chi connectivity index (χ0) is 23.3. The van der Waals surface area contributed by atoms with Gasteiger partial charge in [0.05, 0.1) is 30.9 Å². The molecule has 11 nitrogen and oxygen atoms in total. The van der Waals surface area contributed by atoms with E-state index in [2.05, 4.69) is 20.6 Å². The van der Waals surface area contributed by atoms with Gasteiger partial charge < -0.3 is 30.9 Å². The van der Waals surface area contributed by atoms with Crippen LogP contribution in [0.15, 0.2) is 48.8 Å². The fourth-order valence-electron chi connectivity index (χ4n) is 2.74. The van der Waals surface area contributed by atoms with Crippen LogP contribution in [0.3, 0.4) is 0 Å². The van der Waals surface area contributed by atoms with Crippen LogP contribution in [0.1, 0.15) is 31.1 Å². The first-order valence-electron chi connectivity index (χ1n) is 9.12. The van der Waals surface area contributed by atoms with Crippen molar-refractivity contribution in [3.63, 3.8) is 0 Å². The fourth-order valence-corrected chi connectivity index (χ4v) is 2.74. The minimum atomic E-state index is -1.04. The first-order chi connectivity index (χ1) is 15.3. The molecule has 164 valence electrons. The number of aromatic carboxylic acids is 1. The van der Waals surface area contributed by atoms with Crippen LogP contribution in [0, 0.1) is 0 Å². The average Bonchev–Trinajstić information content (AvgIpc) is 2.80. The van der Waals surface area contributed by atoms with Crippen LogP contribution in [0.2, 0.25) is 0 Å². The van der Waals surface area contributed by atoms with Gasteiger partial charge in [0.1, 0.15) is 12.0 Å². The Bertz CT molecular complexity index is 1150. The number of hydrogen-bond donors (Lipinski definition) is 4. The SMILES string of the molecule is COC(=O)c1cc(Nc2ncnc(Nc3ccc(C(=O)O)cc3)c2N)cc(C(=O)OC)c1. The van der Waals surface area contributed by atoms with E-state index in [-0.39, 0.29) is 34.0 Å². The van der Waals surface area contributed by atoms with Crippen molar-refractivity contribution in [2.75, 3.05) is 30.6 Å². The van der Waals surface area contributed by atoms with E-state index in [9.17, 15) is 14.4 Å². The number of rotatable bonds is 7. The second kappa shape index (κ2) is 9.43. The molecule has 2 aromatic carbocycles. The highest BCUT2D eigenvalue weighted by Gasteiger charge is 2.16. The molecule has 11 heteroatoms. The van der Waals surface area contributed by atoms with E-state index in [0.717, 1.165) is 0 Å². The van der Waals surface area contributed by atoms with Gasteiger partial charge in [0.25, 0.3) is 0 Å². The molecule has 0 spiro atoms. The lowest BCUT2D eigenvalue weighted by Gasteiger charge is -2.14. The van der Waals surface area contributed by atoms with Crippen LogP contribution in [0.5, 0.6) is 0 Å². The molecule has 0 saturated heterocycles. The van der Waals surface area contributed by atoms with Crippen LogP contribution >= 0.6 is 0 Å². The maximum atomic E-state index is 12.0. The summed E-state index contributed by atoms with van der Waals surface area (Å²) < 4.78 is 9.45. The van der Waals surface area contributed by atoms with Crippen LogP contribution in [0.25, 0.3) is 0 Å². The average molecular weight is 437 g/mol. The van der Waals surface area contributed by atoms with Crippen LogP contribution in [-0.4, -0.2) is 47.2 Å². The Balaban J connectivity index is 1.90. The van der Waals surface area contributed by atoms with Gasteiger partial charge in [0, 0.05) is 11.4 Å². The number of hydrogen-bond acceptors (Lipinski definition) is 10. The molecule has 0 aliphatic carbocycles. The Hall–Kier alpha value is -4.67. The van der Waals surface area contributed by atoms with Crippen molar-refractivity contribution >= 4 is 46.6 Å². The third-order valence-electron chi connectivity index (χ3n) is 4.32. The van der Waals surface area contributed by atoms with E-state index in [1.807, 2.05) is 0 Å². The third kappa shape index (κ3) is 4.90. The number of aromatic nitrogens is 2. The number of nitrogens with one attached hydrogen (secondary N) is 2. The lowest BCUT2D eigenvalue weighted by Crippen LogP contribution is -2.09. The molecule has 0 amide bonds. The van der Waals surface area contributed by atoms with E-state index in [1.165, 1.54) is 50.9 Å². The molecular weight excluding hydrogens is 418 g/mol. The summed E-state index contributed by atoms with van der Waals surface area (Å²) in [5.41, 5.74) is 7.63. The molecule has 0 atom stereocenters. The van der Waals surface area contributed by atoms with Crippen molar-refractivity contribution in [2.45, 2.75) is 0 Å². The van der Waals surface area contributed by atoms with E-state index >= 15 is 0 Å². The van der Waals surface area contributed by atoms with Gasteiger partial charge in [-0.3, -0.25) is 0 Å². The molecule has 3 aromatic rings. The molecule has 3 rings (SSSR count). The van der Waals surface area contributed by atoms with E-state index < -0.39 is 17.9 Å². The topological polar surface area (TPSA) is 166 Å². The number of carbonyl (C=O) groups is 3. The van der Waals surface area contributed by atoms with E-state index in [4.69, 9.17) is 20.3 Å². The van der Waals surface area contributed by atoms with Crippen LogP contribution in [0.4, 0.5) is 28.7 Å². The Morgan fingerprint density at radius 2 is 1.31 bits per heavy atom. The number of methoxy groups -OCH3 is 2. The molecule has 0 fully saturated rings. The number of benzene rings is 2. The monoisotopic (exact) mass is 437 g/mol. The summed E-state index contributed by atoms with van der Waals surface area (Å²) in [6, 6.07) is 10.3. The molecule has 0 radical (unpaired) electrons. The summed E-state index contributed by atoms with van der Waals surface area (Å²) in [4.78, 5) is 43.1. The molecular formula is C21H19N5O6. The predicted octanol–water partition coefficient (Wildman–Crippen LogP) is 2.82. The normalized spacial score (nSPS) is 10.2. The smallest absolute Gasteiger partial charge is 0.337 e. The summed E-state index contributed by atoms with van der Waals surface area (Å²) in [5.74, 6) is -1.83. The molecule has 0 unspecified atom stereocenters. The van der Waals surface area contributed by atoms with Gasteiger partial charge in [0.15, 0.2) is 11.6 Å². The van der Waals surface area contributed by atoms with E-state index in [0.29, 0.717) is 11.4 Å². The number of ether oxygens (including phenoxy) is 2. The highest BCUT2D eigenvalue weighted by molar-refractivity contribution is 5.97. The minimum Gasteiger partial charge on any atom is -0.478 e. The Labute approximate surface area is 182 Å². The highest BCUT2D eigenvalue weighted by atomic mass is 16.5. The van der Waals surface area contributed by atoms with Crippen molar-refractivity contribution in [1.82, 2.24) is 9.97 Å². The number of anilines is 5. The van der Waals surface area contributed by atoms with Gasteiger partial charge in [-0.2, -0.15) is 0 Å². The number of carbonyl (C=O) groups excluding carboxylic acids is 2. The standard InChI is InChI=1S/C21H19N5O6/c1-31-20(29)12-7-13(21(30)32-2)9-15(8-12)26-18-16(22)17(23-10-24-18)25-14-5-3-11(4-6-14)19(27)28/h3-10H,22H2,1-2H3,(H,27,28)(H2,23,24,25,26). The van der Waals surface area contributed by atoms with Gasteiger partial charge in [0.2, 0.25) is 0 Å². The summed E-state index contributed by atoms with van der Waals surface area (Å²) in [6.07, 6.45) is 1.26. The van der Waals surface area contributed by atoms with Gasteiger partial charge in [-0.15, -0.1) is 0 Å². The fraction of sp³-hybridized carbons (Fsp3) is 0.0952. The number of carboxylic acids is 1. The molecule has 0 aliphatic rings. The van der Waals surface area contributed by atoms with Gasteiger partial charge in [-0.1, -0.05) is 0 Å². The molecule has 1 aromatic heterocycles. The summed E-state index contributed by atoms with van der Waals surface area (Å²) in [6.45, 7) is 0. The van der Waals surface area contributed by atoms with Gasteiger partial charge in [-0.25, -0.2) is 24.4 Å². The van der Waals surface area contributed by atoms with Crippen molar-refractivity contribution < 1.29 is 29.0 Å². The molecule has 1 heterocycles. The number of nitrogens with two attached hydrogens (primary N) is 1. The lowest BCUT2D eigenvalue weighted by molar-refractivity contribution is 0.0597. The maximum Gasteiger partial charge on any atom is 0.337 e. The zero-order valence-corrected chi connectivity index (χ0v) is 17.1. The molecule has 5 N–H and O–H groups in total. The lowest BCUT2D eigenvalue weighted by atomic mass is 10.1. The van der Waals surface area contributed by atoms with Crippen molar-refractivity contribution in [3.05, 3.63) is 65.5 Å². The van der Waals surface area contributed by atoms with Crippen LogP contribution < -0.4 is 16.4 Å². The second-order valence-corrected chi connectivity index (χ2v) is 6.40. The molecule has 0 bridgehead atoms. The minimum absolute atomic E-state index is 0.127. The predicted molar refractivity (Wildman–Crippen MR) is 116 cm³/mol. The third-order valence-corrected chi connectivity index (χ3v) is 4.32. The Kier molecular flexibility index (Phi) is 6.49. The van der Waals surface area contributed by atoms with Crippen molar-refractivity contribution in [1.29, 1.82) is 0 Å². The maximum absolute atomic E-state index is 12.0. The first kappa shape index (κ1) is 22.0. The largest absolute Gasteiger partial charge is 0.478 e. The Morgan fingerprint density at radius 3 is 1.78 bits per heavy atom. The Morgan fingerprint density at radius 1 is 0.812 bits per heavy atom. The first-order valence-corrected chi connectivity index (χ1v) is 9.12. The molecule has 0 saturated carbocycles. The van der Waals surface area contributed by atoms with E-state index in [1.54, 1.807) is 12.1 Å². The van der Waals surface area contributed by atoms with Crippen molar-refractivity contribution in [3.8, 4) is 0 Å². The number of esters is 2. The molecule has 32 heavy (non-hydrogen) atoms. The zero-order valence-electron chi connectivity index (χ0n) is 17.1. The van der Waals surface area contributed by atoms with Gasteiger partial charge >= 0.3 is 17.9 Å².